The molecule has 0 aliphatic rings. The highest BCUT2D eigenvalue weighted by atomic mass is 35.5. The van der Waals surface area contributed by atoms with Crippen LogP contribution in [0.1, 0.15) is 22.5 Å². The van der Waals surface area contributed by atoms with Crippen molar-refractivity contribution in [3.05, 3.63) is 66.9 Å². The lowest BCUT2D eigenvalue weighted by molar-refractivity contribution is -0.138. The summed E-state index contributed by atoms with van der Waals surface area (Å²) in [7, 11) is -11.1. The van der Waals surface area contributed by atoms with Gasteiger partial charge in [0, 0.05) is 27.2 Å². The number of halogens is 16. The number of nitriles is 2. The third kappa shape index (κ3) is 9.52. The van der Waals surface area contributed by atoms with Crippen molar-refractivity contribution in [2.75, 3.05) is 50.2 Å². The fourth-order valence-corrected chi connectivity index (χ4v) is 8.63. The SMILES string of the molecule is CN(CCOCCN(C)c1c(S(=O)(=O)C(F)(F)F)c(C#N)nn1-c1c(Cl)cc(C(F)(F)F)cc1Cl)c1c(S(=O)(=O)C(F)(F)F)c(C#N)nn1-c1c(Cl)cc(C(F)(F)F)cc1Cl. The van der Waals surface area contributed by atoms with Crippen LogP contribution in [0.3, 0.4) is 0 Å². The van der Waals surface area contributed by atoms with Crippen molar-refractivity contribution in [2.24, 2.45) is 0 Å². The van der Waals surface area contributed by atoms with Crippen LogP contribution < -0.4 is 9.80 Å². The van der Waals surface area contributed by atoms with E-state index in [2.05, 4.69) is 10.2 Å². The molecule has 0 saturated heterocycles. The lowest BCUT2D eigenvalue weighted by Crippen LogP contribution is -2.32. The van der Waals surface area contributed by atoms with E-state index in [-0.39, 0.29) is 33.6 Å². The summed E-state index contributed by atoms with van der Waals surface area (Å²) in [4.78, 5) is -2.20. The summed E-state index contributed by atoms with van der Waals surface area (Å²) in [6.45, 7) is -2.72. The van der Waals surface area contributed by atoms with Crippen molar-refractivity contribution in [1.29, 1.82) is 10.5 Å². The number of ether oxygens (including phenoxy) is 1. The first-order valence-corrected chi connectivity index (χ1v) is 20.0. The third-order valence-corrected chi connectivity index (χ3v) is 12.2. The molecule has 2 aromatic heterocycles. The van der Waals surface area contributed by atoms with Crippen LogP contribution in [0, 0.1) is 22.7 Å². The smallest absolute Gasteiger partial charge is 0.378 e. The number of rotatable bonds is 12. The fourth-order valence-electron chi connectivity index (χ4n) is 5.22. The van der Waals surface area contributed by atoms with Gasteiger partial charge in [-0.2, -0.15) is 73.4 Å². The number of hydrogen-bond donors (Lipinski definition) is 0. The van der Waals surface area contributed by atoms with Gasteiger partial charge in [-0.3, -0.25) is 0 Å². The largest absolute Gasteiger partial charge is 0.502 e. The summed E-state index contributed by atoms with van der Waals surface area (Å²) < 4.78 is 221. The summed E-state index contributed by atoms with van der Waals surface area (Å²) in [5.41, 5.74) is -19.4. The molecule has 4 rings (SSSR count). The molecule has 0 unspecified atom stereocenters. The molecule has 0 saturated carbocycles. The van der Waals surface area contributed by atoms with Gasteiger partial charge in [0.25, 0.3) is 19.7 Å². The molecule has 61 heavy (non-hydrogen) atoms. The van der Waals surface area contributed by atoms with Crippen molar-refractivity contribution in [2.45, 2.75) is 33.2 Å². The number of hydrogen-bond acceptors (Lipinski definition) is 11. The van der Waals surface area contributed by atoms with E-state index in [0.717, 1.165) is 26.2 Å². The van der Waals surface area contributed by atoms with Crippen molar-refractivity contribution in [1.82, 2.24) is 19.6 Å². The molecule has 0 aliphatic carbocycles. The topological polar surface area (TPSA) is 167 Å². The van der Waals surface area contributed by atoms with Crippen LogP contribution in [-0.4, -0.2) is 87.8 Å². The molecule has 0 bridgehead atoms. The van der Waals surface area contributed by atoms with Crippen molar-refractivity contribution >= 4 is 77.7 Å². The maximum atomic E-state index is 13.9. The van der Waals surface area contributed by atoms with E-state index >= 15 is 0 Å². The molecule has 2 aromatic carbocycles. The molecule has 0 fully saturated rings. The van der Waals surface area contributed by atoms with E-state index in [1.807, 2.05) is 0 Å². The number of likely N-dealkylation sites (N-methyl/N-ethyl adjacent to an activating group) is 2. The van der Waals surface area contributed by atoms with E-state index in [1.165, 1.54) is 0 Å². The van der Waals surface area contributed by atoms with E-state index in [4.69, 9.17) is 51.1 Å². The Kier molecular flexibility index (Phi) is 13.8. The number of nitrogens with zero attached hydrogens (tertiary/aromatic N) is 8. The van der Waals surface area contributed by atoms with Gasteiger partial charge in [0.1, 0.15) is 23.5 Å². The number of anilines is 2. The van der Waals surface area contributed by atoms with Gasteiger partial charge >= 0.3 is 23.4 Å². The third-order valence-electron chi connectivity index (χ3n) is 7.97. The Morgan fingerprint density at radius 3 is 1.11 bits per heavy atom. The Bertz CT molecular complexity index is 2460. The molecule has 0 N–H and O–H groups in total. The van der Waals surface area contributed by atoms with Gasteiger partial charge in [0.05, 0.1) is 44.4 Å². The van der Waals surface area contributed by atoms with Gasteiger partial charge < -0.3 is 14.5 Å². The first-order valence-electron chi connectivity index (χ1n) is 15.6. The zero-order chi connectivity index (χ0) is 46.6. The second-order valence-electron chi connectivity index (χ2n) is 12.0. The maximum absolute atomic E-state index is 13.9. The van der Waals surface area contributed by atoms with Crippen LogP contribution in [-0.2, 0) is 36.8 Å². The number of alkyl halides is 12. The summed E-state index contributed by atoms with van der Waals surface area (Å²) in [5.74, 6) is -2.23. The predicted octanol–water partition coefficient (Wildman–Crippen LogP) is 8.63. The molecule has 0 spiro atoms. The molecular formula is C30H18Cl4F12N8O5S2. The van der Waals surface area contributed by atoms with Gasteiger partial charge in [-0.25, -0.2) is 26.2 Å². The summed E-state index contributed by atoms with van der Waals surface area (Å²) in [5, 5.41) is 22.6. The molecule has 4 aromatic rings. The average molecular weight is 1000 g/mol. The van der Waals surface area contributed by atoms with Crippen molar-refractivity contribution < 1.29 is 74.3 Å². The van der Waals surface area contributed by atoms with E-state index in [1.54, 1.807) is 0 Å². The standard InChI is InChI=1S/C30H18Cl4F12N8O5S2/c1-51(25-23(60(55,56)29(41,42)43)19(11-47)49-53(25)21-15(31)7-13(8-16(21)32)27(35,36)37)3-5-59-6-4-52(2)26-24(61(57,58)30(44,45)46)20(12-48)50-54(26)22-17(33)9-14(10-18(22)34)28(38,39)40/h7-10H,3-6H2,1-2H3. The van der Waals surface area contributed by atoms with Crippen LogP contribution >= 0.6 is 46.4 Å². The van der Waals surface area contributed by atoms with Gasteiger partial charge in [0.2, 0.25) is 0 Å². The monoisotopic (exact) mass is 1000 g/mol. The second kappa shape index (κ2) is 17.1. The van der Waals surface area contributed by atoms with Gasteiger partial charge in [-0.1, -0.05) is 46.4 Å². The Hall–Kier alpha value is -4.38. The first-order chi connectivity index (χ1) is 27.7. The number of sulfone groups is 2. The van der Waals surface area contributed by atoms with Crippen LogP contribution in [0.25, 0.3) is 11.4 Å². The zero-order valence-electron chi connectivity index (χ0n) is 29.6. The van der Waals surface area contributed by atoms with Crippen molar-refractivity contribution in [3.8, 4) is 23.5 Å². The molecule has 0 amide bonds. The molecule has 0 aliphatic heterocycles. The van der Waals surface area contributed by atoms with Crippen LogP contribution in [0.5, 0.6) is 0 Å². The molecule has 0 atom stereocenters. The maximum Gasteiger partial charge on any atom is 0.502 e. The van der Waals surface area contributed by atoms with E-state index in [0.29, 0.717) is 9.80 Å². The van der Waals surface area contributed by atoms with Crippen LogP contribution in [0.4, 0.5) is 64.3 Å². The molecule has 2 heterocycles. The molecule has 0 radical (unpaired) electrons. The van der Waals surface area contributed by atoms with E-state index in [9.17, 15) is 80.0 Å². The van der Waals surface area contributed by atoms with Gasteiger partial charge in [-0.15, -0.1) is 0 Å². The molecule has 332 valence electrons. The quantitative estimate of drug-likeness (QED) is 0.0985. The Morgan fingerprint density at radius 1 is 0.607 bits per heavy atom. The van der Waals surface area contributed by atoms with Gasteiger partial charge in [0.15, 0.2) is 32.8 Å². The highest BCUT2D eigenvalue weighted by Crippen LogP contribution is 2.45. The Morgan fingerprint density at radius 2 is 0.885 bits per heavy atom. The van der Waals surface area contributed by atoms with Crippen LogP contribution in [0.2, 0.25) is 20.1 Å². The summed E-state index contributed by atoms with van der Waals surface area (Å²) in [6.07, 6.45) is -10.1. The van der Waals surface area contributed by atoms with E-state index < -0.39 is 145 Å². The Balaban J connectivity index is 1.74. The minimum Gasteiger partial charge on any atom is -0.378 e. The highest BCUT2D eigenvalue weighted by molar-refractivity contribution is 7.92. The predicted molar refractivity (Wildman–Crippen MR) is 190 cm³/mol. The normalized spacial score (nSPS) is 13.0. The molecular weight excluding hydrogens is 986 g/mol. The van der Waals surface area contributed by atoms with Gasteiger partial charge in [-0.05, 0) is 24.3 Å². The highest BCUT2D eigenvalue weighted by Gasteiger charge is 2.53. The lowest BCUT2D eigenvalue weighted by Gasteiger charge is -2.25. The summed E-state index contributed by atoms with van der Waals surface area (Å²) >= 11 is 24.1. The Labute approximate surface area is 354 Å². The minimum absolute atomic E-state index is 0.268. The second-order valence-corrected chi connectivity index (χ2v) is 17.4. The molecule has 13 nitrogen and oxygen atoms in total. The zero-order valence-corrected chi connectivity index (χ0v) is 34.3. The van der Waals surface area contributed by atoms with Crippen LogP contribution in [0.15, 0.2) is 34.1 Å². The first kappa shape index (κ1) is 49.3. The number of benzene rings is 2. The summed E-state index contributed by atoms with van der Waals surface area (Å²) in [6, 6.07) is 3.45. The average Bonchev–Trinajstić information content (AvgIpc) is 3.69. The lowest BCUT2D eigenvalue weighted by atomic mass is 10.2. The number of aromatic nitrogens is 4. The van der Waals surface area contributed by atoms with Crippen molar-refractivity contribution in [3.63, 3.8) is 0 Å². The fraction of sp³-hybridized carbons (Fsp3) is 0.333. The minimum atomic E-state index is -6.48. The molecule has 31 heteroatoms.